The molecule has 0 aliphatic rings. The monoisotopic (exact) mass is 340 g/mol. The molecule has 0 aromatic heterocycles. The van der Waals surface area contributed by atoms with E-state index in [9.17, 15) is 14.4 Å². The molecule has 0 saturated heterocycles. The van der Waals surface area contributed by atoms with Crippen LogP contribution in [0.4, 0.5) is 11.4 Å². The molecule has 0 spiro atoms. The van der Waals surface area contributed by atoms with Gasteiger partial charge >= 0.3 is 17.8 Å². The predicted molar refractivity (Wildman–Crippen MR) is 95.6 cm³/mol. The molecular weight excluding hydrogens is 320 g/mol. The van der Waals surface area contributed by atoms with Crippen LogP contribution in [0.3, 0.4) is 0 Å². The van der Waals surface area contributed by atoms with Crippen molar-refractivity contribution >= 4 is 29.2 Å². The molecule has 6 nitrogen and oxygen atoms in total. The number of rotatable bonds is 4. The van der Waals surface area contributed by atoms with Gasteiger partial charge in [0.25, 0.3) is 0 Å². The van der Waals surface area contributed by atoms with E-state index in [4.69, 9.17) is 4.74 Å². The third-order valence-electron chi connectivity index (χ3n) is 3.62. The molecule has 130 valence electrons. The molecule has 2 aromatic rings. The summed E-state index contributed by atoms with van der Waals surface area (Å²) in [4.78, 5) is 35.5. The summed E-state index contributed by atoms with van der Waals surface area (Å²) in [5.74, 6) is -1.99. The molecule has 0 radical (unpaired) electrons. The van der Waals surface area contributed by atoms with E-state index in [1.165, 1.54) is 24.3 Å². The fraction of sp³-hybridized carbons (Fsp3) is 0.211. The smallest absolute Gasteiger partial charge is 0.338 e. The SMILES string of the molecule is CCOC(=O)c1ccc(NC(=O)C(=O)Nc2ccc(C)c(C)c2)cc1. The Morgan fingerprint density at radius 2 is 1.40 bits per heavy atom. The molecule has 25 heavy (non-hydrogen) atoms. The van der Waals surface area contributed by atoms with Crippen LogP contribution in [-0.2, 0) is 14.3 Å². The van der Waals surface area contributed by atoms with Gasteiger partial charge in [-0.1, -0.05) is 6.07 Å². The van der Waals surface area contributed by atoms with Crippen LogP contribution in [0.15, 0.2) is 42.5 Å². The summed E-state index contributed by atoms with van der Waals surface area (Å²) in [6.45, 7) is 5.90. The molecule has 0 fully saturated rings. The molecule has 0 unspecified atom stereocenters. The molecule has 0 atom stereocenters. The highest BCUT2D eigenvalue weighted by Crippen LogP contribution is 2.15. The Hall–Kier alpha value is -3.15. The third-order valence-corrected chi connectivity index (χ3v) is 3.62. The van der Waals surface area contributed by atoms with Gasteiger partial charge in [0, 0.05) is 11.4 Å². The quantitative estimate of drug-likeness (QED) is 0.662. The van der Waals surface area contributed by atoms with E-state index >= 15 is 0 Å². The first-order valence-electron chi connectivity index (χ1n) is 7.87. The number of esters is 1. The normalized spacial score (nSPS) is 10.0. The average molecular weight is 340 g/mol. The minimum atomic E-state index is -0.790. The fourth-order valence-corrected chi connectivity index (χ4v) is 2.10. The van der Waals surface area contributed by atoms with Crippen LogP contribution in [0.2, 0.25) is 0 Å². The van der Waals surface area contributed by atoms with Gasteiger partial charge in [-0.25, -0.2) is 4.79 Å². The van der Waals surface area contributed by atoms with Crippen LogP contribution >= 0.6 is 0 Å². The van der Waals surface area contributed by atoms with Crippen LogP contribution in [-0.4, -0.2) is 24.4 Å². The Morgan fingerprint density at radius 3 is 1.96 bits per heavy atom. The molecule has 0 bridgehead atoms. The van der Waals surface area contributed by atoms with Crippen LogP contribution in [0.25, 0.3) is 0 Å². The summed E-state index contributed by atoms with van der Waals surface area (Å²) in [6.07, 6.45) is 0. The Balaban J connectivity index is 1.97. The highest BCUT2D eigenvalue weighted by molar-refractivity contribution is 6.43. The summed E-state index contributed by atoms with van der Waals surface area (Å²) in [5.41, 5.74) is 3.46. The van der Waals surface area contributed by atoms with Crippen molar-refractivity contribution in [2.45, 2.75) is 20.8 Å². The van der Waals surface area contributed by atoms with Crippen molar-refractivity contribution in [3.8, 4) is 0 Å². The van der Waals surface area contributed by atoms with Crippen molar-refractivity contribution in [1.82, 2.24) is 0 Å². The molecule has 2 N–H and O–H groups in total. The first kappa shape index (κ1) is 18.2. The lowest BCUT2D eigenvalue weighted by Crippen LogP contribution is -2.29. The second-order valence-electron chi connectivity index (χ2n) is 5.51. The maximum atomic E-state index is 12.0. The molecule has 2 amide bonds. The molecule has 2 rings (SSSR count). The lowest BCUT2D eigenvalue weighted by Gasteiger charge is -2.09. The molecule has 0 aliphatic carbocycles. The lowest BCUT2D eigenvalue weighted by molar-refractivity contribution is -0.132. The second-order valence-corrected chi connectivity index (χ2v) is 5.51. The predicted octanol–water partition coefficient (Wildman–Crippen LogP) is 3.06. The van der Waals surface area contributed by atoms with Gasteiger partial charge in [0.1, 0.15) is 0 Å². The number of nitrogens with one attached hydrogen (secondary N) is 2. The van der Waals surface area contributed by atoms with Gasteiger partial charge in [-0.15, -0.1) is 0 Å². The van der Waals surface area contributed by atoms with Crippen molar-refractivity contribution in [3.05, 3.63) is 59.2 Å². The zero-order valence-corrected chi connectivity index (χ0v) is 14.4. The standard InChI is InChI=1S/C19H20N2O4/c1-4-25-19(24)14-6-9-15(10-7-14)20-17(22)18(23)21-16-8-5-12(2)13(3)11-16/h5-11H,4H2,1-3H3,(H,20,22)(H,21,23). The number of aryl methyl sites for hydroxylation is 2. The third kappa shape index (κ3) is 4.91. The second kappa shape index (κ2) is 8.10. The Labute approximate surface area is 146 Å². The van der Waals surface area contributed by atoms with Crippen molar-refractivity contribution in [3.63, 3.8) is 0 Å². The summed E-state index contributed by atoms with van der Waals surface area (Å²) < 4.78 is 4.88. The topological polar surface area (TPSA) is 84.5 Å². The summed E-state index contributed by atoms with van der Waals surface area (Å²) in [6, 6.07) is 11.5. The van der Waals surface area contributed by atoms with Crippen molar-refractivity contribution in [2.24, 2.45) is 0 Å². The Kier molecular flexibility index (Phi) is 5.89. The zero-order chi connectivity index (χ0) is 18.4. The molecule has 0 saturated carbocycles. The highest BCUT2D eigenvalue weighted by Gasteiger charge is 2.15. The molecule has 0 heterocycles. The van der Waals surface area contributed by atoms with Crippen LogP contribution in [0.1, 0.15) is 28.4 Å². The van der Waals surface area contributed by atoms with E-state index in [1.54, 1.807) is 19.1 Å². The van der Waals surface area contributed by atoms with Crippen molar-refractivity contribution in [1.29, 1.82) is 0 Å². The van der Waals surface area contributed by atoms with Gasteiger partial charge in [0.2, 0.25) is 0 Å². The zero-order valence-electron chi connectivity index (χ0n) is 14.4. The minimum absolute atomic E-state index is 0.288. The van der Waals surface area contributed by atoms with Crippen molar-refractivity contribution in [2.75, 3.05) is 17.2 Å². The lowest BCUT2D eigenvalue weighted by atomic mass is 10.1. The summed E-state index contributed by atoms with van der Waals surface area (Å²) in [5, 5.41) is 5.03. The van der Waals surface area contributed by atoms with Crippen LogP contribution in [0.5, 0.6) is 0 Å². The first-order chi connectivity index (χ1) is 11.9. The maximum absolute atomic E-state index is 12.0. The highest BCUT2D eigenvalue weighted by atomic mass is 16.5. The van der Waals surface area contributed by atoms with E-state index in [0.29, 0.717) is 16.9 Å². The summed E-state index contributed by atoms with van der Waals surface area (Å²) in [7, 11) is 0. The molecule has 0 aliphatic heterocycles. The van der Waals surface area contributed by atoms with Crippen LogP contribution < -0.4 is 10.6 Å². The summed E-state index contributed by atoms with van der Waals surface area (Å²) >= 11 is 0. The van der Waals surface area contributed by atoms with Crippen LogP contribution in [0, 0.1) is 13.8 Å². The van der Waals surface area contributed by atoms with Gasteiger partial charge in [-0.2, -0.15) is 0 Å². The minimum Gasteiger partial charge on any atom is -0.462 e. The number of benzene rings is 2. The number of amides is 2. The first-order valence-corrected chi connectivity index (χ1v) is 7.87. The van der Waals surface area contributed by atoms with E-state index in [-0.39, 0.29) is 6.61 Å². The van der Waals surface area contributed by atoms with E-state index < -0.39 is 17.8 Å². The molecule has 6 heteroatoms. The van der Waals surface area contributed by atoms with Crippen molar-refractivity contribution < 1.29 is 19.1 Å². The van der Waals surface area contributed by atoms with E-state index in [0.717, 1.165) is 11.1 Å². The number of hydrogen-bond acceptors (Lipinski definition) is 4. The Morgan fingerprint density at radius 1 is 0.840 bits per heavy atom. The van der Waals surface area contributed by atoms with E-state index in [1.807, 2.05) is 19.9 Å². The van der Waals surface area contributed by atoms with Gasteiger partial charge < -0.3 is 15.4 Å². The van der Waals surface area contributed by atoms with Gasteiger partial charge in [-0.05, 0) is 68.3 Å². The Bertz CT molecular complexity index is 798. The van der Waals surface area contributed by atoms with Gasteiger partial charge in [-0.3, -0.25) is 9.59 Å². The average Bonchev–Trinajstić information content (AvgIpc) is 2.59. The molecule has 2 aromatic carbocycles. The van der Waals surface area contributed by atoms with Gasteiger partial charge in [0.05, 0.1) is 12.2 Å². The largest absolute Gasteiger partial charge is 0.462 e. The van der Waals surface area contributed by atoms with E-state index in [2.05, 4.69) is 10.6 Å². The fourth-order valence-electron chi connectivity index (χ4n) is 2.10. The number of anilines is 2. The number of carbonyl (C=O) groups is 3. The number of ether oxygens (including phenoxy) is 1. The molecular formula is C19H20N2O4. The van der Waals surface area contributed by atoms with Gasteiger partial charge in [0.15, 0.2) is 0 Å². The maximum Gasteiger partial charge on any atom is 0.338 e. The number of carbonyl (C=O) groups excluding carboxylic acids is 3. The number of hydrogen-bond donors (Lipinski definition) is 2.